The minimum atomic E-state index is -0.743. The lowest BCUT2D eigenvalue weighted by Gasteiger charge is -2.39. The fourth-order valence-electron chi connectivity index (χ4n) is 2.93. The van der Waals surface area contributed by atoms with Gasteiger partial charge >= 0.3 is 5.97 Å². The fraction of sp³-hybridized carbons (Fsp3) is 0.667. The first-order valence-electron chi connectivity index (χ1n) is 7.18. The summed E-state index contributed by atoms with van der Waals surface area (Å²) in [5, 5.41) is 9.06. The zero-order valence-electron chi connectivity index (χ0n) is 12.7. The molecule has 2 rings (SSSR count). The molecule has 20 heavy (non-hydrogen) atoms. The van der Waals surface area contributed by atoms with E-state index in [1.54, 1.807) is 6.92 Å². The van der Waals surface area contributed by atoms with Gasteiger partial charge in [-0.2, -0.15) is 0 Å². The molecular weight excluding hydrogens is 256 g/mol. The van der Waals surface area contributed by atoms with E-state index in [4.69, 9.17) is 9.52 Å². The van der Waals surface area contributed by atoms with Gasteiger partial charge in [-0.05, 0) is 33.8 Å². The van der Waals surface area contributed by atoms with Gasteiger partial charge < -0.3 is 9.52 Å². The van der Waals surface area contributed by atoms with Crippen LogP contribution in [0.2, 0.25) is 0 Å². The number of piperazine rings is 1. The summed E-state index contributed by atoms with van der Waals surface area (Å²) in [5.74, 6) is 1.19. The summed E-state index contributed by atoms with van der Waals surface area (Å²) in [5.41, 5.74) is 1.24. The van der Waals surface area contributed by atoms with E-state index in [1.165, 1.54) is 5.56 Å². The van der Waals surface area contributed by atoms with Gasteiger partial charge in [-0.1, -0.05) is 0 Å². The molecule has 1 N–H and O–H groups in total. The van der Waals surface area contributed by atoms with Crippen molar-refractivity contribution < 1.29 is 14.3 Å². The number of nitrogens with zero attached hydrogens (tertiary/aromatic N) is 2. The molecule has 1 aromatic rings. The van der Waals surface area contributed by atoms with Crippen LogP contribution in [-0.4, -0.2) is 53.1 Å². The number of aryl methyl sites for hydroxylation is 2. The van der Waals surface area contributed by atoms with Crippen molar-refractivity contribution in [3.63, 3.8) is 0 Å². The van der Waals surface area contributed by atoms with Crippen molar-refractivity contribution in [1.82, 2.24) is 9.80 Å². The van der Waals surface area contributed by atoms with Gasteiger partial charge in [0.15, 0.2) is 0 Å². The highest BCUT2D eigenvalue weighted by molar-refractivity contribution is 5.72. The van der Waals surface area contributed by atoms with Gasteiger partial charge in [0.1, 0.15) is 17.6 Å². The summed E-state index contributed by atoms with van der Waals surface area (Å²) >= 11 is 0. The Morgan fingerprint density at radius 1 is 1.20 bits per heavy atom. The van der Waals surface area contributed by atoms with Crippen LogP contribution in [0.3, 0.4) is 0 Å². The van der Waals surface area contributed by atoms with E-state index in [1.807, 2.05) is 18.7 Å². The standard InChI is InChI=1S/C15H24N2O3/c1-10-9-14(13(4)20-10)11(2)16-5-7-17(8-6-16)12(3)15(18)19/h9,11-12H,5-8H2,1-4H3,(H,18,19). The van der Waals surface area contributed by atoms with E-state index in [9.17, 15) is 4.79 Å². The predicted molar refractivity (Wildman–Crippen MR) is 76.8 cm³/mol. The number of carbonyl (C=O) groups is 1. The molecule has 1 aliphatic rings. The zero-order chi connectivity index (χ0) is 14.9. The van der Waals surface area contributed by atoms with E-state index in [2.05, 4.69) is 17.9 Å². The summed E-state index contributed by atoms with van der Waals surface area (Å²) in [7, 11) is 0. The molecule has 1 aromatic heterocycles. The molecule has 0 bridgehead atoms. The van der Waals surface area contributed by atoms with Crippen LogP contribution in [0.1, 0.15) is 37.0 Å². The van der Waals surface area contributed by atoms with Crippen LogP contribution in [0.15, 0.2) is 10.5 Å². The molecule has 0 spiro atoms. The van der Waals surface area contributed by atoms with Crippen LogP contribution in [0, 0.1) is 13.8 Å². The van der Waals surface area contributed by atoms with Crippen molar-refractivity contribution in [2.24, 2.45) is 0 Å². The summed E-state index contributed by atoms with van der Waals surface area (Å²) < 4.78 is 5.60. The van der Waals surface area contributed by atoms with Crippen LogP contribution < -0.4 is 0 Å². The van der Waals surface area contributed by atoms with E-state index >= 15 is 0 Å². The Hall–Kier alpha value is -1.33. The minimum Gasteiger partial charge on any atom is -0.480 e. The SMILES string of the molecule is Cc1cc(C(C)N2CCN(C(C)C(=O)O)CC2)c(C)o1. The Morgan fingerprint density at radius 2 is 1.75 bits per heavy atom. The third kappa shape index (κ3) is 3.04. The van der Waals surface area contributed by atoms with Crippen LogP contribution in [0.25, 0.3) is 0 Å². The van der Waals surface area contributed by atoms with Crippen molar-refractivity contribution in [1.29, 1.82) is 0 Å². The second-order valence-electron chi connectivity index (χ2n) is 5.63. The second kappa shape index (κ2) is 5.97. The Bertz CT molecular complexity index is 475. The van der Waals surface area contributed by atoms with Gasteiger partial charge in [0.25, 0.3) is 0 Å². The molecule has 1 saturated heterocycles. The molecule has 1 fully saturated rings. The number of aliphatic carboxylic acids is 1. The summed E-state index contributed by atoms with van der Waals surface area (Å²) in [4.78, 5) is 15.4. The van der Waals surface area contributed by atoms with E-state index in [0.29, 0.717) is 6.04 Å². The number of carboxylic acids is 1. The molecule has 0 aromatic carbocycles. The monoisotopic (exact) mass is 280 g/mol. The number of hydrogen-bond donors (Lipinski definition) is 1. The average Bonchev–Trinajstić information content (AvgIpc) is 2.76. The first-order valence-corrected chi connectivity index (χ1v) is 7.18. The van der Waals surface area contributed by atoms with Gasteiger partial charge in [0.2, 0.25) is 0 Å². The quantitative estimate of drug-likeness (QED) is 0.914. The highest BCUT2D eigenvalue weighted by Crippen LogP contribution is 2.27. The molecule has 2 atom stereocenters. The number of hydrogen-bond acceptors (Lipinski definition) is 4. The van der Waals surface area contributed by atoms with E-state index in [-0.39, 0.29) is 0 Å². The van der Waals surface area contributed by atoms with Crippen LogP contribution in [-0.2, 0) is 4.79 Å². The molecule has 0 radical (unpaired) electrons. The number of furan rings is 1. The molecule has 5 heteroatoms. The van der Waals surface area contributed by atoms with Crippen molar-refractivity contribution >= 4 is 5.97 Å². The summed E-state index contributed by atoms with van der Waals surface area (Å²) in [6, 6.07) is 2.02. The summed E-state index contributed by atoms with van der Waals surface area (Å²) in [6.45, 7) is 11.3. The molecule has 0 amide bonds. The number of rotatable bonds is 4. The predicted octanol–water partition coefficient (Wildman–Crippen LogP) is 2.05. The zero-order valence-corrected chi connectivity index (χ0v) is 12.7. The molecule has 2 unspecified atom stereocenters. The van der Waals surface area contributed by atoms with Gasteiger partial charge in [0.05, 0.1) is 0 Å². The minimum absolute atomic E-state index is 0.315. The third-order valence-corrected chi connectivity index (χ3v) is 4.33. The molecule has 1 aliphatic heterocycles. The van der Waals surface area contributed by atoms with E-state index < -0.39 is 12.0 Å². The highest BCUT2D eigenvalue weighted by Gasteiger charge is 2.28. The van der Waals surface area contributed by atoms with E-state index in [0.717, 1.165) is 37.7 Å². The fourth-order valence-corrected chi connectivity index (χ4v) is 2.93. The normalized spacial score (nSPS) is 20.8. The lowest BCUT2D eigenvalue weighted by Crippen LogP contribution is -2.52. The average molecular weight is 280 g/mol. The smallest absolute Gasteiger partial charge is 0.320 e. The van der Waals surface area contributed by atoms with Crippen molar-refractivity contribution in [3.8, 4) is 0 Å². The molecule has 2 heterocycles. The maximum atomic E-state index is 11.0. The number of carboxylic acid groups (broad SMARTS) is 1. The maximum absolute atomic E-state index is 11.0. The molecular formula is C15H24N2O3. The Balaban J connectivity index is 1.97. The van der Waals surface area contributed by atoms with Crippen molar-refractivity contribution in [2.45, 2.75) is 39.8 Å². The highest BCUT2D eigenvalue weighted by atomic mass is 16.4. The van der Waals surface area contributed by atoms with Crippen molar-refractivity contribution in [2.75, 3.05) is 26.2 Å². The van der Waals surface area contributed by atoms with Gasteiger partial charge in [-0.15, -0.1) is 0 Å². The van der Waals surface area contributed by atoms with Crippen molar-refractivity contribution in [3.05, 3.63) is 23.2 Å². The Morgan fingerprint density at radius 3 is 2.20 bits per heavy atom. The topological polar surface area (TPSA) is 56.9 Å². The van der Waals surface area contributed by atoms with Crippen LogP contribution in [0.4, 0.5) is 0 Å². The molecule has 112 valence electrons. The molecule has 0 aliphatic carbocycles. The second-order valence-corrected chi connectivity index (χ2v) is 5.63. The Labute approximate surface area is 120 Å². The third-order valence-electron chi connectivity index (χ3n) is 4.33. The van der Waals surface area contributed by atoms with Gasteiger partial charge in [-0.25, -0.2) is 0 Å². The van der Waals surface area contributed by atoms with Crippen LogP contribution in [0.5, 0.6) is 0 Å². The Kier molecular flexibility index (Phi) is 4.50. The summed E-state index contributed by atoms with van der Waals surface area (Å²) in [6.07, 6.45) is 0. The molecule has 0 saturated carbocycles. The maximum Gasteiger partial charge on any atom is 0.320 e. The first-order chi connectivity index (χ1) is 9.40. The lowest BCUT2D eigenvalue weighted by atomic mass is 10.1. The first kappa shape index (κ1) is 15.1. The van der Waals surface area contributed by atoms with Gasteiger partial charge in [0, 0.05) is 37.8 Å². The largest absolute Gasteiger partial charge is 0.480 e. The van der Waals surface area contributed by atoms with Crippen LogP contribution >= 0.6 is 0 Å². The lowest BCUT2D eigenvalue weighted by molar-refractivity contribution is -0.143. The van der Waals surface area contributed by atoms with Gasteiger partial charge in [-0.3, -0.25) is 14.6 Å². The molecule has 5 nitrogen and oxygen atoms in total.